The summed E-state index contributed by atoms with van der Waals surface area (Å²) in [6.07, 6.45) is 2.33. The highest BCUT2D eigenvalue weighted by atomic mass is 32.3. The van der Waals surface area contributed by atoms with Crippen molar-refractivity contribution in [1.82, 2.24) is 0 Å². The van der Waals surface area contributed by atoms with Crippen molar-refractivity contribution in [3.8, 4) is 5.75 Å². The lowest BCUT2D eigenvalue weighted by Gasteiger charge is -2.06. The van der Waals surface area contributed by atoms with Gasteiger partial charge in [-0.3, -0.25) is 4.55 Å². The number of rotatable bonds is 4. The van der Waals surface area contributed by atoms with E-state index in [1.54, 1.807) is 18.2 Å². The van der Waals surface area contributed by atoms with Crippen molar-refractivity contribution in [3.05, 3.63) is 42.0 Å². The van der Waals surface area contributed by atoms with E-state index in [0.29, 0.717) is 6.42 Å². The minimum atomic E-state index is -4.45. The van der Waals surface area contributed by atoms with Gasteiger partial charge >= 0.3 is 10.4 Å². The average molecular weight is 228 g/mol. The normalized spacial score (nSPS) is 11.1. The zero-order chi connectivity index (χ0) is 11.5. The fourth-order valence-corrected chi connectivity index (χ4v) is 1.54. The lowest BCUT2D eigenvalue weighted by molar-refractivity contribution is 0.386. The zero-order valence-corrected chi connectivity index (χ0v) is 9.12. The molecule has 1 aromatic rings. The second kappa shape index (κ2) is 4.46. The summed E-state index contributed by atoms with van der Waals surface area (Å²) in [6, 6.07) is 4.76. The van der Waals surface area contributed by atoms with Crippen molar-refractivity contribution in [2.24, 2.45) is 0 Å². The molecule has 5 heteroatoms. The van der Waals surface area contributed by atoms with E-state index in [9.17, 15) is 8.42 Å². The maximum Gasteiger partial charge on any atom is 0.446 e. The number of aryl methyl sites for hydroxylation is 1. The Labute approximate surface area is 89.2 Å². The van der Waals surface area contributed by atoms with Gasteiger partial charge in [-0.2, -0.15) is 8.42 Å². The molecule has 15 heavy (non-hydrogen) atoms. The summed E-state index contributed by atoms with van der Waals surface area (Å²) >= 11 is 0. The van der Waals surface area contributed by atoms with Gasteiger partial charge in [-0.25, -0.2) is 0 Å². The van der Waals surface area contributed by atoms with Gasteiger partial charge in [0.15, 0.2) is 0 Å². The number of hydrogen-bond acceptors (Lipinski definition) is 3. The molecule has 0 atom stereocenters. The summed E-state index contributed by atoms with van der Waals surface area (Å²) < 4.78 is 33.8. The van der Waals surface area contributed by atoms with E-state index in [1.807, 2.05) is 6.92 Å². The van der Waals surface area contributed by atoms with Crippen LogP contribution in [0.1, 0.15) is 11.1 Å². The van der Waals surface area contributed by atoms with Crippen LogP contribution >= 0.6 is 0 Å². The first-order valence-corrected chi connectivity index (χ1v) is 5.66. The molecule has 1 aromatic carbocycles. The first-order chi connectivity index (χ1) is 6.92. The molecule has 1 rings (SSSR count). The summed E-state index contributed by atoms with van der Waals surface area (Å²) in [5.74, 6) is 0.0972. The highest BCUT2D eigenvalue weighted by Gasteiger charge is 2.07. The molecule has 0 bridgehead atoms. The minimum Gasteiger partial charge on any atom is -0.362 e. The molecule has 82 valence electrons. The average Bonchev–Trinajstić information content (AvgIpc) is 2.09. The van der Waals surface area contributed by atoms with Crippen molar-refractivity contribution in [2.75, 3.05) is 0 Å². The Hall–Kier alpha value is -1.33. The van der Waals surface area contributed by atoms with Crippen LogP contribution in [0.5, 0.6) is 5.75 Å². The second-order valence-corrected chi connectivity index (χ2v) is 4.11. The molecular formula is C10H12O4S. The molecule has 0 aromatic heterocycles. The lowest BCUT2D eigenvalue weighted by Crippen LogP contribution is -2.07. The number of benzene rings is 1. The Morgan fingerprint density at radius 3 is 2.73 bits per heavy atom. The van der Waals surface area contributed by atoms with Gasteiger partial charge < -0.3 is 4.18 Å². The summed E-state index contributed by atoms with van der Waals surface area (Å²) in [4.78, 5) is 0. The number of hydrogen-bond donors (Lipinski definition) is 1. The maximum atomic E-state index is 10.5. The summed E-state index contributed by atoms with van der Waals surface area (Å²) in [7, 11) is -4.45. The molecule has 0 spiro atoms. The van der Waals surface area contributed by atoms with E-state index in [4.69, 9.17) is 4.55 Å². The Morgan fingerprint density at radius 1 is 1.53 bits per heavy atom. The van der Waals surface area contributed by atoms with Gasteiger partial charge in [-0.15, -0.1) is 6.58 Å². The van der Waals surface area contributed by atoms with Gasteiger partial charge in [-0.1, -0.05) is 12.1 Å². The predicted molar refractivity (Wildman–Crippen MR) is 57.3 cm³/mol. The molecule has 0 radical (unpaired) electrons. The standard InChI is InChI=1S/C10H12O4S/c1-3-4-9-7-10(6-5-8(9)2)14-15(11,12)13/h3,5-7H,1,4H2,2H3,(H,11,12,13). The quantitative estimate of drug-likeness (QED) is 0.631. The summed E-state index contributed by atoms with van der Waals surface area (Å²) in [6.45, 7) is 5.49. The largest absolute Gasteiger partial charge is 0.446 e. The fraction of sp³-hybridized carbons (Fsp3) is 0.200. The molecule has 0 unspecified atom stereocenters. The van der Waals surface area contributed by atoms with Crippen LogP contribution in [0.3, 0.4) is 0 Å². The molecule has 0 heterocycles. The molecule has 0 aliphatic carbocycles. The van der Waals surface area contributed by atoms with Crippen LogP contribution < -0.4 is 4.18 Å². The third kappa shape index (κ3) is 3.73. The first-order valence-electron chi connectivity index (χ1n) is 4.29. The molecular weight excluding hydrogens is 216 g/mol. The van der Waals surface area contributed by atoms with Crippen LogP contribution in [0.15, 0.2) is 30.9 Å². The minimum absolute atomic E-state index is 0.0972. The van der Waals surface area contributed by atoms with Crippen LogP contribution in [0, 0.1) is 6.92 Å². The van der Waals surface area contributed by atoms with Crippen LogP contribution in [-0.2, 0) is 16.8 Å². The molecule has 0 aliphatic rings. The molecule has 0 saturated heterocycles. The second-order valence-electron chi connectivity index (χ2n) is 3.09. The fourth-order valence-electron chi connectivity index (χ4n) is 1.20. The van der Waals surface area contributed by atoms with Crippen molar-refractivity contribution in [3.63, 3.8) is 0 Å². The highest BCUT2D eigenvalue weighted by Crippen LogP contribution is 2.19. The van der Waals surface area contributed by atoms with Gasteiger partial charge in [0.05, 0.1) is 0 Å². The Balaban J connectivity index is 3.02. The van der Waals surface area contributed by atoms with Crippen LogP contribution in [-0.4, -0.2) is 13.0 Å². The Kier molecular flexibility index (Phi) is 3.49. The van der Waals surface area contributed by atoms with E-state index in [2.05, 4.69) is 10.8 Å². The zero-order valence-electron chi connectivity index (χ0n) is 8.30. The van der Waals surface area contributed by atoms with Crippen molar-refractivity contribution in [2.45, 2.75) is 13.3 Å². The van der Waals surface area contributed by atoms with Gasteiger partial charge in [0, 0.05) is 0 Å². The topological polar surface area (TPSA) is 63.6 Å². The maximum absolute atomic E-state index is 10.5. The third-order valence-corrected chi connectivity index (χ3v) is 2.29. The van der Waals surface area contributed by atoms with Crippen LogP contribution in [0.4, 0.5) is 0 Å². The van der Waals surface area contributed by atoms with E-state index in [1.165, 1.54) is 6.07 Å². The predicted octanol–water partition coefficient (Wildman–Crippen LogP) is 1.91. The number of allylic oxidation sites excluding steroid dienone is 1. The molecule has 1 N–H and O–H groups in total. The van der Waals surface area contributed by atoms with Gasteiger partial charge in [0.25, 0.3) is 0 Å². The molecule has 4 nitrogen and oxygen atoms in total. The van der Waals surface area contributed by atoms with Crippen molar-refractivity contribution < 1.29 is 17.2 Å². The Bertz CT molecular complexity index is 462. The highest BCUT2D eigenvalue weighted by molar-refractivity contribution is 7.81. The van der Waals surface area contributed by atoms with E-state index in [-0.39, 0.29) is 5.75 Å². The monoisotopic (exact) mass is 228 g/mol. The first kappa shape index (κ1) is 11.7. The Morgan fingerprint density at radius 2 is 2.20 bits per heavy atom. The van der Waals surface area contributed by atoms with Crippen LogP contribution in [0.2, 0.25) is 0 Å². The van der Waals surface area contributed by atoms with E-state index in [0.717, 1.165) is 11.1 Å². The molecule has 0 aliphatic heterocycles. The van der Waals surface area contributed by atoms with E-state index < -0.39 is 10.4 Å². The smallest absolute Gasteiger partial charge is 0.362 e. The summed E-state index contributed by atoms with van der Waals surface area (Å²) in [5.41, 5.74) is 1.92. The van der Waals surface area contributed by atoms with E-state index >= 15 is 0 Å². The lowest BCUT2D eigenvalue weighted by atomic mass is 10.1. The van der Waals surface area contributed by atoms with Crippen molar-refractivity contribution in [1.29, 1.82) is 0 Å². The van der Waals surface area contributed by atoms with Gasteiger partial charge in [-0.05, 0) is 36.6 Å². The van der Waals surface area contributed by atoms with Crippen LogP contribution in [0.25, 0.3) is 0 Å². The third-order valence-electron chi connectivity index (χ3n) is 1.89. The van der Waals surface area contributed by atoms with Gasteiger partial charge in [0.2, 0.25) is 0 Å². The SMILES string of the molecule is C=CCc1cc(OS(=O)(=O)O)ccc1C. The molecule has 0 saturated carbocycles. The molecule has 0 fully saturated rings. The van der Waals surface area contributed by atoms with Crippen molar-refractivity contribution >= 4 is 10.4 Å². The van der Waals surface area contributed by atoms with Gasteiger partial charge in [0.1, 0.15) is 5.75 Å². The molecule has 0 amide bonds. The summed E-state index contributed by atoms with van der Waals surface area (Å²) in [5, 5.41) is 0.